The van der Waals surface area contributed by atoms with Gasteiger partial charge in [0, 0.05) is 30.5 Å². The number of aromatic amines is 1. The number of carbonyl (C=O) groups is 1. The number of aromatic nitrogens is 1. The molecule has 0 saturated carbocycles. The van der Waals surface area contributed by atoms with Gasteiger partial charge in [-0.15, -0.1) is 0 Å². The van der Waals surface area contributed by atoms with Gasteiger partial charge in [-0.2, -0.15) is 0 Å². The second kappa shape index (κ2) is 5.77. The molecule has 0 radical (unpaired) electrons. The van der Waals surface area contributed by atoms with Crippen LogP contribution < -0.4 is 5.32 Å². The number of ether oxygens (including phenoxy) is 1. The number of hydrogen-bond donors (Lipinski definition) is 2. The van der Waals surface area contributed by atoms with Gasteiger partial charge < -0.3 is 19.9 Å². The second-order valence-electron chi connectivity index (χ2n) is 5.05. The normalized spacial score (nSPS) is 27.2. The Labute approximate surface area is 132 Å². The SMILES string of the molecule is [2H]C([2H])([2H])N(C)CCc1c[nH]c2ccc(C([2H])([2H])[C@@]3([2H])COC(=O)N3)cc12. The lowest BCUT2D eigenvalue weighted by Gasteiger charge is -2.09. The van der Waals surface area contributed by atoms with Crippen LogP contribution in [0.25, 0.3) is 10.9 Å². The van der Waals surface area contributed by atoms with Crippen molar-refractivity contribution >= 4 is 17.0 Å². The summed E-state index contributed by atoms with van der Waals surface area (Å²) in [4.78, 5) is 15.7. The number of benzene rings is 1. The Morgan fingerprint density at radius 1 is 1.62 bits per heavy atom. The smallest absolute Gasteiger partial charge is 0.407 e. The van der Waals surface area contributed by atoms with Gasteiger partial charge >= 0.3 is 6.09 Å². The third kappa shape index (κ3) is 3.19. The maximum absolute atomic E-state index is 11.3. The van der Waals surface area contributed by atoms with Crippen LogP contribution in [-0.2, 0) is 17.5 Å². The number of nitrogens with zero attached hydrogens (tertiary/aromatic N) is 1. The topological polar surface area (TPSA) is 57.4 Å². The average Bonchev–Trinajstić information content (AvgIpc) is 3.15. The van der Waals surface area contributed by atoms with Gasteiger partial charge in [-0.05, 0) is 50.1 Å². The maximum Gasteiger partial charge on any atom is 0.407 e. The van der Waals surface area contributed by atoms with Gasteiger partial charge in [0.2, 0.25) is 0 Å². The highest BCUT2D eigenvalue weighted by Gasteiger charge is 2.22. The predicted molar refractivity (Wildman–Crippen MR) is 82.5 cm³/mol. The molecule has 2 aromatic rings. The van der Waals surface area contributed by atoms with E-state index in [4.69, 9.17) is 13.0 Å². The Hall–Kier alpha value is -2.01. The van der Waals surface area contributed by atoms with Crippen molar-refractivity contribution in [3.05, 3.63) is 35.5 Å². The second-order valence-corrected chi connectivity index (χ2v) is 5.05. The molecule has 1 aromatic carbocycles. The maximum atomic E-state index is 11.3. The van der Waals surface area contributed by atoms with Crippen molar-refractivity contribution in [3.8, 4) is 0 Å². The minimum Gasteiger partial charge on any atom is -0.447 e. The highest BCUT2D eigenvalue weighted by Crippen LogP contribution is 2.21. The molecule has 1 fully saturated rings. The molecular weight excluding hydrogens is 266 g/mol. The van der Waals surface area contributed by atoms with Crippen LogP contribution in [-0.4, -0.2) is 49.2 Å². The minimum atomic E-state index is -2.18. The Balaban J connectivity index is 1.90. The molecule has 1 amide bonds. The zero-order valence-corrected chi connectivity index (χ0v) is 11.7. The molecule has 5 heteroatoms. The first kappa shape index (κ1) is 8.44. The van der Waals surface area contributed by atoms with E-state index in [9.17, 15) is 4.79 Å². The fraction of sp³-hybridized carbons (Fsp3) is 0.438. The molecule has 0 bridgehead atoms. The summed E-state index contributed by atoms with van der Waals surface area (Å²) in [6.07, 6.45) is -0.760. The lowest BCUT2D eigenvalue weighted by molar-refractivity contribution is 0.177. The fourth-order valence-electron chi connectivity index (χ4n) is 2.33. The number of carbonyl (C=O) groups excluding carboxylic acids is 1. The third-order valence-corrected chi connectivity index (χ3v) is 3.38. The van der Waals surface area contributed by atoms with Crippen molar-refractivity contribution in [2.45, 2.75) is 18.8 Å². The number of alkyl carbamates (subject to hydrolysis) is 1. The number of fused-ring (bicyclic) bond motifs is 1. The van der Waals surface area contributed by atoms with Crippen LogP contribution in [0, 0.1) is 0 Å². The molecule has 2 N–H and O–H groups in total. The van der Waals surface area contributed by atoms with Crippen LogP contribution in [0.5, 0.6) is 0 Å². The number of likely N-dealkylation sites (N-methyl/N-ethyl adjacent to an activating group) is 1. The van der Waals surface area contributed by atoms with Gasteiger partial charge in [-0.3, -0.25) is 0 Å². The summed E-state index contributed by atoms with van der Waals surface area (Å²) in [6.45, 7) is -2.25. The molecule has 112 valence electrons. The fourth-order valence-corrected chi connectivity index (χ4v) is 2.33. The molecule has 1 atom stereocenters. The van der Waals surface area contributed by atoms with Gasteiger partial charge in [0.1, 0.15) is 6.61 Å². The average molecular weight is 293 g/mol. The first-order chi connectivity index (χ1) is 12.4. The van der Waals surface area contributed by atoms with E-state index in [-0.39, 0.29) is 12.2 Å². The Kier molecular flexibility index (Phi) is 2.32. The van der Waals surface area contributed by atoms with E-state index >= 15 is 0 Å². The molecule has 5 nitrogen and oxygen atoms in total. The molecule has 0 unspecified atom stereocenters. The molecular formula is C16H21N3O2. The van der Waals surface area contributed by atoms with E-state index in [2.05, 4.69) is 10.3 Å². The summed E-state index contributed by atoms with van der Waals surface area (Å²) >= 11 is 0. The van der Waals surface area contributed by atoms with E-state index in [0.717, 1.165) is 16.5 Å². The molecule has 3 rings (SSSR count). The lowest BCUT2D eigenvalue weighted by atomic mass is 10.0. The largest absolute Gasteiger partial charge is 0.447 e. The number of nitrogens with one attached hydrogen (secondary N) is 2. The van der Waals surface area contributed by atoms with Gasteiger partial charge in [0.15, 0.2) is 0 Å². The summed E-state index contributed by atoms with van der Waals surface area (Å²) in [5.41, 5.74) is 1.87. The van der Waals surface area contributed by atoms with E-state index in [1.165, 1.54) is 11.9 Å². The zero-order chi connectivity index (χ0) is 20.0. The highest BCUT2D eigenvalue weighted by molar-refractivity contribution is 5.84. The quantitative estimate of drug-likeness (QED) is 0.885. The van der Waals surface area contributed by atoms with E-state index in [1.807, 2.05) is 0 Å². The summed E-state index contributed by atoms with van der Waals surface area (Å²) in [5, 5.41) is 2.99. The van der Waals surface area contributed by atoms with Gasteiger partial charge in [-0.25, -0.2) is 4.79 Å². The summed E-state index contributed by atoms with van der Waals surface area (Å²) in [5.74, 6) is 0. The monoisotopic (exact) mass is 293 g/mol. The van der Waals surface area contributed by atoms with Crippen molar-refractivity contribution < 1.29 is 17.8 Å². The molecule has 21 heavy (non-hydrogen) atoms. The van der Waals surface area contributed by atoms with Crippen LogP contribution in [0.2, 0.25) is 0 Å². The molecule has 1 aliphatic heterocycles. The van der Waals surface area contributed by atoms with Crippen molar-refractivity contribution in [1.82, 2.24) is 15.2 Å². The summed E-state index contributed by atoms with van der Waals surface area (Å²) < 4.78 is 52.0. The predicted octanol–water partition coefficient (Wildman–Crippen LogP) is 1.92. The third-order valence-electron chi connectivity index (χ3n) is 3.38. The van der Waals surface area contributed by atoms with Crippen molar-refractivity contribution in [2.24, 2.45) is 0 Å². The van der Waals surface area contributed by atoms with Crippen molar-refractivity contribution in [3.63, 3.8) is 0 Å². The van der Waals surface area contributed by atoms with Crippen LogP contribution in [0.15, 0.2) is 24.4 Å². The van der Waals surface area contributed by atoms with Crippen LogP contribution in [0.3, 0.4) is 0 Å². The summed E-state index contributed by atoms with van der Waals surface area (Å²) in [7, 11) is 1.53. The number of rotatable bonds is 5. The van der Waals surface area contributed by atoms with E-state index < -0.39 is 25.5 Å². The Morgan fingerprint density at radius 2 is 2.52 bits per heavy atom. The lowest BCUT2D eigenvalue weighted by Crippen LogP contribution is -2.28. The van der Waals surface area contributed by atoms with Gasteiger partial charge in [0.05, 0.1) is 7.39 Å². The van der Waals surface area contributed by atoms with Crippen molar-refractivity contribution in [1.29, 1.82) is 0 Å². The van der Waals surface area contributed by atoms with Crippen LogP contribution in [0.1, 0.15) is 19.4 Å². The molecule has 1 saturated heterocycles. The molecule has 0 spiro atoms. The molecule has 1 aliphatic rings. The standard InChI is InChI=1S/C16H21N3O2/c1-19(2)6-5-12-9-17-15-4-3-11(8-14(12)15)7-13-10-21-16(20)18-13/h3-4,8-9,13,17H,5-7,10H2,1-2H3,(H,18,20)/t13-/m0/s1/i1D3,7D2,13D. The zero-order valence-electron chi connectivity index (χ0n) is 17.7. The van der Waals surface area contributed by atoms with E-state index in [1.54, 1.807) is 24.4 Å². The summed E-state index contributed by atoms with van der Waals surface area (Å²) in [6, 6.07) is 2.99. The van der Waals surface area contributed by atoms with Gasteiger partial charge in [-0.1, -0.05) is 6.07 Å². The van der Waals surface area contributed by atoms with E-state index in [0.29, 0.717) is 13.0 Å². The first-order valence-corrected chi connectivity index (χ1v) is 6.71. The molecule has 1 aromatic heterocycles. The van der Waals surface area contributed by atoms with Crippen molar-refractivity contribution in [2.75, 3.05) is 27.2 Å². The number of amides is 1. The molecule has 0 aliphatic carbocycles. The Morgan fingerprint density at radius 3 is 3.29 bits per heavy atom. The first-order valence-electron chi connectivity index (χ1n) is 9.71. The minimum absolute atomic E-state index is 0.237. The Bertz CT molecular complexity index is 865. The highest BCUT2D eigenvalue weighted by atomic mass is 16.6. The molecule has 2 heterocycles. The number of H-pyrrole nitrogens is 1. The number of hydrogen-bond acceptors (Lipinski definition) is 3. The number of cyclic esters (lactones) is 1. The van der Waals surface area contributed by atoms with Crippen LogP contribution >= 0.6 is 0 Å². The van der Waals surface area contributed by atoms with Crippen LogP contribution in [0.4, 0.5) is 4.79 Å². The van der Waals surface area contributed by atoms with Gasteiger partial charge in [0.25, 0.3) is 0 Å².